The number of nitro groups is 1. The molecule has 6 nitrogen and oxygen atoms in total. The van der Waals surface area contributed by atoms with E-state index in [-0.39, 0.29) is 5.69 Å². The number of nitrogens with zero attached hydrogens (tertiary/aromatic N) is 4. The zero-order valence-corrected chi connectivity index (χ0v) is 12.2. The molecule has 1 heterocycles. The Labute approximate surface area is 119 Å². The van der Waals surface area contributed by atoms with Crippen molar-refractivity contribution in [2.45, 2.75) is 13.8 Å². The number of rotatable bonds is 3. The predicted octanol–water partition coefficient (Wildman–Crippen LogP) is 2.96. The van der Waals surface area contributed by atoms with E-state index in [9.17, 15) is 10.1 Å². The molecule has 0 saturated heterocycles. The highest BCUT2D eigenvalue weighted by molar-refractivity contribution is 7.07. The van der Waals surface area contributed by atoms with E-state index in [1.807, 2.05) is 36.9 Å². The molecule has 104 valence electrons. The molecule has 20 heavy (non-hydrogen) atoms. The number of hydrogen-bond donors (Lipinski definition) is 0. The van der Waals surface area contributed by atoms with Gasteiger partial charge in [0.15, 0.2) is 0 Å². The minimum Gasteiger partial charge on any atom is -0.318 e. The fourth-order valence-electron chi connectivity index (χ4n) is 1.64. The summed E-state index contributed by atoms with van der Waals surface area (Å²) < 4.78 is 1.87. The van der Waals surface area contributed by atoms with Crippen LogP contribution in [-0.2, 0) is 7.05 Å². The molecule has 7 heteroatoms. The molecule has 1 aromatic carbocycles. The standard InChI is InChI=1S/C13H14N4O2S/c1-9(2)14-15-13-16(3)12(8-20-13)10-5-4-6-11(7-10)17(18)19/h4-8H,1-3H3. The van der Waals surface area contributed by atoms with Crippen LogP contribution >= 0.6 is 11.3 Å². The monoisotopic (exact) mass is 290 g/mol. The first-order valence-electron chi connectivity index (χ1n) is 5.93. The summed E-state index contributed by atoms with van der Waals surface area (Å²) in [5, 5.41) is 20.9. The van der Waals surface area contributed by atoms with Gasteiger partial charge in [0.2, 0.25) is 4.80 Å². The summed E-state index contributed by atoms with van der Waals surface area (Å²) in [6.45, 7) is 3.75. The molecule has 0 amide bonds. The Kier molecular flexibility index (Phi) is 4.09. The van der Waals surface area contributed by atoms with Gasteiger partial charge < -0.3 is 4.57 Å². The molecule has 0 saturated carbocycles. The topological polar surface area (TPSA) is 72.8 Å². The lowest BCUT2D eigenvalue weighted by Crippen LogP contribution is -2.11. The van der Waals surface area contributed by atoms with Crippen molar-refractivity contribution < 1.29 is 4.92 Å². The Hall–Kier alpha value is -2.28. The Morgan fingerprint density at radius 1 is 1.40 bits per heavy atom. The number of thiazole rings is 1. The Morgan fingerprint density at radius 3 is 2.80 bits per heavy atom. The average Bonchev–Trinajstić information content (AvgIpc) is 2.78. The van der Waals surface area contributed by atoms with Gasteiger partial charge in [0, 0.05) is 35.8 Å². The van der Waals surface area contributed by atoms with Gasteiger partial charge in [0.05, 0.1) is 10.6 Å². The molecule has 0 atom stereocenters. The van der Waals surface area contributed by atoms with Crippen molar-refractivity contribution in [2.75, 3.05) is 0 Å². The van der Waals surface area contributed by atoms with Crippen LogP contribution in [-0.4, -0.2) is 15.2 Å². The van der Waals surface area contributed by atoms with Crippen molar-refractivity contribution in [3.05, 3.63) is 44.6 Å². The zero-order valence-electron chi connectivity index (χ0n) is 11.4. The van der Waals surface area contributed by atoms with Gasteiger partial charge in [0.25, 0.3) is 5.69 Å². The summed E-state index contributed by atoms with van der Waals surface area (Å²) in [6.07, 6.45) is 0. The molecule has 0 bridgehead atoms. The predicted molar refractivity (Wildman–Crippen MR) is 79.7 cm³/mol. The first-order valence-corrected chi connectivity index (χ1v) is 6.81. The maximum atomic E-state index is 10.8. The first-order chi connectivity index (χ1) is 9.49. The minimum atomic E-state index is -0.397. The lowest BCUT2D eigenvalue weighted by Gasteiger charge is -2.02. The molecule has 2 aromatic rings. The molecule has 1 aromatic heterocycles. The Bertz CT molecular complexity index is 739. The highest BCUT2D eigenvalue weighted by Crippen LogP contribution is 2.23. The van der Waals surface area contributed by atoms with E-state index >= 15 is 0 Å². The van der Waals surface area contributed by atoms with Gasteiger partial charge in [-0.05, 0) is 13.8 Å². The molecule has 0 unspecified atom stereocenters. The SMILES string of the molecule is CC(C)=NN=c1scc(-c2cccc([N+](=O)[O-])c2)n1C. The molecule has 0 aliphatic carbocycles. The minimum absolute atomic E-state index is 0.0783. The van der Waals surface area contributed by atoms with Gasteiger partial charge in [-0.25, -0.2) is 0 Å². The zero-order chi connectivity index (χ0) is 14.7. The van der Waals surface area contributed by atoms with Crippen molar-refractivity contribution in [1.82, 2.24) is 4.57 Å². The molecule has 0 fully saturated rings. The van der Waals surface area contributed by atoms with Gasteiger partial charge in [-0.2, -0.15) is 5.10 Å². The van der Waals surface area contributed by atoms with Crippen LogP contribution < -0.4 is 4.80 Å². The third-order valence-corrected chi connectivity index (χ3v) is 3.52. The van der Waals surface area contributed by atoms with Crippen molar-refractivity contribution in [2.24, 2.45) is 17.3 Å². The highest BCUT2D eigenvalue weighted by atomic mass is 32.1. The smallest absolute Gasteiger partial charge is 0.270 e. The first kappa shape index (κ1) is 14.1. The van der Waals surface area contributed by atoms with E-state index in [4.69, 9.17) is 0 Å². The number of non-ortho nitro benzene ring substituents is 1. The van der Waals surface area contributed by atoms with Crippen LogP contribution in [0.3, 0.4) is 0 Å². The molecule has 0 radical (unpaired) electrons. The van der Waals surface area contributed by atoms with Crippen molar-refractivity contribution in [1.29, 1.82) is 0 Å². The van der Waals surface area contributed by atoms with E-state index in [1.165, 1.54) is 17.4 Å². The third kappa shape index (κ3) is 3.00. The number of nitro benzene ring substituents is 1. The second-order valence-electron chi connectivity index (χ2n) is 4.42. The van der Waals surface area contributed by atoms with Crippen LogP contribution in [0.5, 0.6) is 0 Å². The van der Waals surface area contributed by atoms with Crippen LogP contribution in [0.2, 0.25) is 0 Å². The molecular weight excluding hydrogens is 276 g/mol. The third-order valence-electron chi connectivity index (χ3n) is 2.61. The summed E-state index contributed by atoms with van der Waals surface area (Å²) in [5.41, 5.74) is 2.61. The van der Waals surface area contributed by atoms with Gasteiger partial charge >= 0.3 is 0 Å². The van der Waals surface area contributed by atoms with E-state index in [2.05, 4.69) is 10.2 Å². The number of hydrogen-bond acceptors (Lipinski definition) is 5. The Balaban J connectivity index is 2.50. The summed E-state index contributed by atoms with van der Waals surface area (Å²) in [7, 11) is 1.87. The molecular formula is C13H14N4O2S. The second kappa shape index (κ2) is 5.79. The molecule has 2 rings (SSSR count). The molecule has 0 aliphatic heterocycles. The fourth-order valence-corrected chi connectivity index (χ4v) is 2.50. The van der Waals surface area contributed by atoms with Crippen molar-refractivity contribution in [3.63, 3.8) is 0 Å². The number of aromatic nitrogens is 1. The number of benzene rings is 1. The normalized spacial score (nSPS) is 11.4. The van der Waals surface area contributed by atoms with Gasteiger partial charge in [-0.1, -0.05) is 12.1 Å². The molecule has 0 aliphatic rings. The van der Waals surface area contributed by atoms with Crippen molar-refractivity contribution in [3.8, 4) is 11.3 Å². The summed E-state index contributed by atoms with van der Waals surface area (Å²) in [4.78, 5) is 11.2. The Morgan fingerprint density at radius 2 is 2.15 bits per heavy atom. The van der Waals surface area contributed by atoms with Gasteiger partial charge in [-0.3, -0.25) is 10.1 Å². The van der Waals surface area contributed by atoms with Crippen LogP contribution in [0.15, 0.2) is 39.8 Å². The quantitative estimate of drug-likeness (QED) is 0.495. The second-order valence-corrected chi connectivity index (χ2v) is 5.25. The average molecular weight is 290 g/mol. The molecule has 0 spiro atoms. The fraction of sp³-hybridized carbons (Fsp3) is 0.231. The van der Waals surface area contributed by atoms with E-state index in [0.717, 1.165) is 21.8 Å². The largest absolute Gasteiger partial charge is 0.318 e. The van der Waals surface area contributed by atoms with Crippen molar-refractivity contribution >= 4 is 22.7 Å². The van der Waals surface area contributed by atoms with Crippen LogP contribution in [0, 0.1) is 10.1 Å². The van der Waals surface area contributed by atoms with Crippen LogP contribution in [0.1, 0.15) is 13.8 Å². The summed E-state index contributed by atoms with van der Waals surface area (Å²) >= 11 is 1.45. The maximum absolute atomic E-state index is 10.8. The maximum Gasteiger partial charge on any atom is 0.270 e. The van der Waals surface area contributed by atoms with Crippen LogP contribution in [0.25, 0.3) is 11.3 Å². The van der Waals surface area contributed by atoms with Crippen LogP contribution in [0.4, 0.5) is 5.69 Å². The lowest BCUT2D eigenvalue weighted by atomic mass is 10.1. The summed E-state index contributed by atoms with van der Waals surface area (Å²) in [6, 6.07) is 6.55. The van der Waals surface area contributed by atoms with Gasteiger partial charge in [-0.15, -0.1) is 16.4 Å². The van der Waals surface area contributed by atoms with E-state index in [1.54, 1.807) is 12.1 Å². The van der Waals surface area contributed by atoms with Gasteiger partial charge in [0.1, 0.15) is 0 Å². The van der Waals surface area contributed by atoms with E-state index < -0.39 is 4.92 Å². The highest BCUT2D eigenvalue weighted by Gasteiger charge is 2.10. The lowest BCUT2D eigenvalue weighted by molar-refractivity contribution is -0.384. The summed E-state index contributed by atoms with van der Waals surface area (Å²) in [5.74, 6) is 0. The molecule has 0 N–H and O–H groups in total. The van der Waals surface area contributed by atoms with E-state index in [0.29, 0.717) is 0 Å².